The van der Waals surface area contributed by atoms with E-state index in [4.69, 9.17) is 11.6 Å². The molecule has 162 valence electrons. The van der Waals surface area contributed by atoms with Crippen LogP contribution in [-0.4, -0.2) is 43.2 Å². The van der Waals surface area contributed by atoms with Crippen molar-refractivity contribution in [2.24, 2.45) is 5.92 Å². The summed E-state index contributed by atoms with van der Waals surface area (Å²) in [6.07, 6.45) is 2.72. The lowest BCUT2D eigenvalue weighted by atomic mass is 9.92. The van der Waals surface area contributed by atoms with Gasteiger partial charge in [-0.2, -0.15) is 4.31 Å². The van der Waals surface area contributed by atoms with Crippen LogP contribution in [0.1, 0.15) is 42.7 Å². The van der Waals surface area contributed by atoms with Gasteiger partial charge in [-0.25, -0.2) is 12.8 Å². The van der Waals surface area contributed by atoms with Crippen LogP contribution in [0.2, 0.25) is 5.02 Å². The highest BCUT2D eigenvalue weighted by Crippen LogP contribution is 2.37. The second kappa shape index (κ2) is 8.57. The zero-order valence-corrected chi connectivity index (χ0v) is 19.1. The molecule has 1 amide bonds. The summed E-state index contributed by atoms with van der Waals surface area (Å²) in [5.41, 5.74) is 1.26. The largest absolute Gasteiger partial charge is 0.335 e. The molecule has 4 rings (SSSR count). The molecule has 0 unspecified atom stereocenters. The molecule has 3 heterocycles. The van der Waals surface area contributed by atoms with Crippen molar-refractivity contribution >= 4 is 38.9 Å². The van der Waals surface area contributed by atoms with Gasteiger partial charge in [0, 0.05) is 30.4 Å². The standard InChI is InChI=1S/C21H24ClFN2O3S2/c1-2-19-16-8-12-29-20(16)7-11-25(19)21(26)14-5-9-24(10-6-14)30(27,28)15-3-4-18(23)17(22)13-15/h3-4,8,12-14,19H,2,5-7,9-11H2,1H3/t19-/m0/s1. The molecule has 1 aromatic carbocycles. The van der Waals surface area contributed by atoms with E-state index in [1.807, 2.05) is 4.90 Å². The average Bonchev–Trinajstić information content (AvgIpc) is 3.23. The molecule has 0 saturated carbocycles. The summed E-state index contributed by atoms with van der Waals surface area (Å²) < 4.78 is 40.5. The van der Waals surface area contributed by atoms with E-state index < -0.39 is 15.8 Å². The fourth-order valence-corrected chi connectivity index (χ4v) is 7.13. The smallest absolute Gasteiger partial charge is 0.243 e. The second-order valence-corrected chi connectivity index (χ2v) is 11.1. The fraction of sp³-hybridized carbons (Fsp3) is 0.476. The molecule has 1 atom stereocenters. The lowest BCUT2D eigenvalue weighted by Gasteiger charge is -2.39. The third-order valence-corrected chi connectivity index (χ3v) is 9.28. The van der Waals surface area contributed by atoms with Crippen molar-refractivity contribution in [1.82, 2.24) is 9.21 Å². The molecule has 1 aromatic heterocycles. The van der Waals surface area contributed by atoms with E-state index in [1.165, 1.54) is 20.8 Å². The van der Waals surface area contributed by atoms with Crippen LogP contribution in [0.15, 0.2) is 34.5 Å². The molecule has 0 bridgehead atoms. The summed E-state index contributed by atoms with van der Waals surface area (Å²) in [6.45, 7) is 3.35. The third kappa shape index (κ3) is 3.90. The number of benzene rings is 1. The number of nitrogens with zero attached hydrogens (tertiary/aromatic N) is 2. The van der Waals surface area contributed by atoms with Crippen LogP contribution in [-0.2, 0) is 21.2 Å². The van der Waals surface area contributed by atoms with Gasteiger partial charge in [0.1, 0.15) is 5.82 Å². The molecule has 0 aliphatic carbocycles. The molecule has 0 radical (unpaired) electrons. The predicted molar refractivity (Wildman–Crippen MR) is 116 cm³/mol. The molecule has 5 nitrogen and oxygen atoms in total. The van der Waals surface area contributed by atoms with E-state index in [0.717, 1.165) is 31.5 Å². The molecule has 0 spiro atoms. The number of thiophene rings is 1. The first-order valence-electron chi connectivity index (χ1n) is 10.1. The zero-order chi connectivity index (χ0) is 21.5. The normalized spacial score (nSPS) is 20.9. The van der Waals surface area contributed by atoms with Crippen LogP contribution in [0, 0.1) is 11.7 Å². The molecule has 0 N–H and O–H groups in total. The molecule has 2 aromatic rings. The average molecular weight is 471 g/mol. The molecular weight excluding hydrogens is 447 g/mol. The zero-order valence-electron chi connectivity index (χ0n) is 16.7. The molecule has 9 heteroatoms. The quantitative estimate of drug-likeness (QED) is 0.662. The Morgan fingerprint density at radius 3 is 2.63 bits per heavy atom. The van der Waals surface area contributed by atoms with Crippen LogP contribution >= 0.6 is 22.9 Å². The summed E-state index contributed by atoms with van der Waals surface area (Å²) in [7, 11) is -3.76. The molecule has 2 aliphatic heterocycles. The van der Waals surface area contributed by atoms with Crippen molar-refractivity contribution in [3.8, 4) is 0 Å². The van der Waals surface area contributed by atoms with Gasteiger partial charge in [-0.3, -0.25) is 4.79 Å². The number of sulfonamides is 1. The Hall–Kier alpha value is -1.48. The lowest BCUT2D eigenvalue weighted by molar-refractivity contribution is -0.139. The summed E-state index contributed by atoms with van der Waals surface area (Å²) >= 11 is 7.51. The van der Waals surface area contributed by atoms with E-state index in [9.17, 15) is 17.6 Å². The first-order valence-corrected chi connectivity index (χ1v) is 12.8. The van der Waals surface area contributed by atoms with Gasteiger partial charge in [0.05, 0.1) is 16.0 Å². The number of hydrogen-bond donors (Lipinski definition) is 0. The maximum Gasteiger partial charge on any atom is 0.243 e. The van der Waals surface area contributed by atoms with E-state index in [-0.39, 0.29) is 40.9 Å². The minimum absolute atomic E-state index is 0.0225. The molecule has 1 saturated heterocycles. The number of fused-ring (bicyclic) bond motifs is 1. The Morgan fingerprint density at radius 2 is 1.97 bits per heavy atom. The first kappa shape index (κ1) is 21.7. The second-order valence-electron chi connectivity index (χ2n) is 7.76. The lowest BCUT2D eigenvalue weighted by Crippen LogP contribution is -2.47. The number of hydrogen-bond acceptors (Lipinski definition) is 4. The Balaban J connectivity index is 1.44. The van der Waals surface area contributed by atoms with Crippen molar-refractivity contribution in [1.29, 1.82) is 0 Å². The highest BCUT2D eigenvalue weighted by Gasteiger charge is 2.37. The van der Waals surface area contributed by atoms with Crippen LogP contribution < -0.4 is 0 Å². The fourth-order valence-electron chi connectivity index (χ4n) is 4.46. The van der Waals surface area contributed by atoms with E-state index in [0.29, 0.717) is 12.8 Å². The molecular formula is C21H24ClFN2O3S2. The van der Waals surface area contributed by atoms with E-state index in [1.54, 1.807) is 11.3 Å². The number of carbonyl (C=O) groups is 1. The number of piperidine rings is 1. The summed E-state index contributed by atoms with van der Waals surface area (Å²) in [5, 5.41) is 1.87. The molecule has 30 heavy (non-hydrogen) atoms. The van der Waals surface area contributed by atoms with Crippen LogP contribution in [0.5, 0.6) is 0 Å². The maximum atomic E-state index is 13.4. The topological polar surface area (TPSA) is 57.7 Å². The van der Waals surface area contributed by atoms with Gasteiger partial charge >= 0.3 is 0 Å². The molecule has 1 fully saturated rings. The molecule has 2 aliphatic rings. The summed E-state index contributed by atoms with van der Waals surface area (Å²) in [6, 6.07) is 5.66. The van der Waals surface area contributed by atoms with Crippen LogP contribution in [0.25, 0.3) is 0 Å². The van der Waals surface area contributed by atoms with Gasteiger partial charge in [-0.15, -0.1) is 11.3 Å². The maximum absolute atomic E-state index is 13.4. The third-order valence-electron chi connectivity index (χ3n) is 6.10. The van der Waals surface area contributed by atoms with Gasteiger partial charge in [0.15, 0.2) is 0 Å². The van der Waals surface area contributed by atoms with Gasteiger partial charge in [0.2, 0.25) is 15.9 Å². The Bertz CT molecular complexity index is 1050. The Morgan fingerprint density at radius 1 is 1.23 bits per heavy atom. The predicted octanol–water partition coefficient (Wildman–Crippen LogP) is 4.48. The van der Waals surface area contributed by atoms with Gasteiger partial charge in [-0.1, -0.05) is 18.5 Å². The minimum Gasteiger partial charge on any atom is -0.335 e. The highest BCUT2D eigenvalue weighted by atomic mass is 35.5. The van der Waals surface area contributed by atoms with Gasteiger partial charge < -0.3 is 4.90 Å². The summed E-state index contributed by atoms with van der Waals surface area (Å²) in [4.78, 5) is 16.6. The summed E-state index contributed by atoms with van der Waals surface area (Å²) in [5.74, 6) is -0.705. The van der Waals surface area contributed by atoms with Crippen molar-refractivity contribution in [2.75, 3.05) is 19.6 Å². The van der Waals surface area contributed by atoms with Crippen molar-refractivity contribution in [3.63, 3.8) is 0 Å². The van der Waals surface area contributed by atoms with E-state index >= 15 is 0 Å². The van der Waals surface area contributed by atoms with E-state index in [2.05, 4.69) is 18.4 Å². The first-order chi connectivity index (χ1) is 14.3. The van der Waals surface area contributed by atoms with Crippen molar-refractivity contribution < 1.29 is 17.6 Å². The highest BCUT2D eigenvalue weighted by molar-refractivity contribution is 7.89. The number of halogens is 2. The van der Waals surface area contributed by atoms with Gasteiger partial charge in [0.25, 0.3) is 0 Å². The monoisotopic (exact) mass is 470 g/mol. The van der Waals surface area contributed by atoms with Crippen molar-refractivity contribution in [2.45, 2.75) is 43.5 Å². The Labute approximate surface area is 185 Å². The number of carbonyl (C=O) groups excluding carboxylic acids is 1. The SMILES string of the molecule is CC[C@H]1c2ccsc2CCN1C(=O)C1CCN(S(=O)(=O)c2ccc(F)c(Cl)c2)CC1. The van der Waals surface area contributed by atoms with Crippen LogP contribution in [0.3, 0.4) is 0 Å². The number of amides is 1. The minimum atomic E-state index is -3.76. The van der Waals surface area contributed by atoms with Crippen LogP contribution in [0.4, 0.5) is 4.39 Å². The Kier molecular flexibility index (Phi) is 6.21. The number of rotatable bonds is 4. The van der Waals surface area contributed by atoms with Gasteiger partial charge in [-0.05, 0) is 60.9 Å². The van der Waals surface area contributed by atoms with Crippen molar-refractivity contribution in [3.05, 3.63) is 50.9 Å².